The maximum atomic E-state index is 13.3. The van der Waals surface area contributed by atoms with E-state index >= 15 is 0 Å². The Morgan fingerprint density at radius 2 is 2.21 bits per heavy atom. The molecule has 4 heterocycles. The zero-order valence-corrected chi connectivity index (χ0v) is 22.2. The van der Waals surface area contributed by atoms with E-state index in [-0.39, 0.29) is 46.6 Å². The summed E-state index contributed by atoms with van der Waals surface area (Å²) < 4.78 is 0. The van der Waals surface area contributed by atoms with Crippen molar-refractivity contribution in [2.75, 3.05) is 23.4 Å². The van der Waals surface area contributed by atoms with Crippen LogP contribution in [0.1, 0.15) is 31.4 Å². The minimum Gasteiger partial charge on any atom is -0.481 e. The largest absolute Gasteiger partial charge is 0.481 e. The molecular weight excluding hydrogens is 558 g/mol. The van der Waals surface area contributed by atoms with Crippen molar-refractivity contribution in [1.82, 2.24) is 35.8 Å². The van der Waals surface area contributed by atoms with Crippen LogP contribution in [-0.2, 0) is 24.0 Å². The lowest BCUT2D eigenvalue weighted by Crippen LogP contribution is -2.74. The van der Waals surface area contributed by atoms with Gasteiger partial charge >= 0.3 is 5.97 Å². The number of rotatable bonds is 11. The van der Waals surface area contributed by atoms with Gasteiger partial charge in [-0.25, -0.2) is 4.98 Å². The summed E-state index contributed by atoms with van der Waals surface area (Å²) in [5, 5.41) is 34.4. The number of tetrazole rings is 1. The lowest BCUT2D eigenvalue weighted by Gasteiger charge is -2.53. The van der Waals surface area contributed by atoms with Crippen LogP contribution in [0.2, 0.25) is 0 Å². The summed E-state index contributed by atoms with van der Waals surface area (Å²) in [6, 6.07) is -0.855. The van der Waals surface area contributed by atoms with Gasteiger partial charge in [0.25, 0.3) is 5.91 Å². The van der Waals surface area contributed by atoms with Gasteiger partial charge in [-0.15, -0.1) is 33.3 Å². The number of β-lactam (4-membered cyclic amide) rings is 1. The lowest BCUT2D eigenvalue weighted by molar-refractivity contribution is -0.157. The number of amides is 3. The minimum atomic E-state index is -1.21. The molecular formula is C20H23N9O6S3. The van der Waals surface area contributed by atoms with E-state index in [1.165, 1.54) is 16.7 Å². The summed E-state index contributed by atoms with van der Waals surface area (Å²) in [7, 11) is 0. The molecule has 1 aliphatic carbocycles. The first kappa shape index (κ1) is 26.4. The molecule has 4 N–H and O–H groups in total. The van der Waals surface area contributed by atoms with Crippen molar-refractivity contribution in [2.45, 2.75) is 48.4 Å². The highest BCUT2D eigenvalue weighted by Gasteiger charge is 2.57. The number of thiazole rings is 1. The summed E-state index contributed by atoms with van der Waals surface area (Å²) in [6.07, 6.45) is 4.07. The summed E-state index contributed by atoms with van der Waals surface area (Å²) >= 11 is 3.55. The Bertz CT molecular complexity index is 1230. The Hall–Kier alpha value is -3.25. The average molecular weight is 582 g/mol. The fourth-order valence-corrected chi connectivity index (χ4v) is 7.61. The van der Waals surface area contributed by atoms with E-state index in [4.69, 9.17) is 4.84 Å². The SMILES string of the molecule is O=CNc1nc(C(=NOC2CCCC2)C(=O)NC2C(=O)N3CC(CSc4nn[nH]n4)(C(=O)O)CS[C@H]23)cs1. The molecule has 3 amide bonds. The molecule has 0 bridgehead atoms. The van der Waals surface area contributed by atoms with E-state index in [1.54, 1.807) is 5.38 Å². The molecule has 1 saturated carbocycles. The van der Waals surface area contributed by atoms with Gasteiger partial charge in [0.1, 0.15) is 28.6 Å². The summed E-state index contributed by atoms with van der Waals surface area (Å²) in [4.78, 5) is 60.5. The molecule has 2 aromatic heterocycles. The Labute approximate surface area is 227 Å². The number of carbonyl (C=O) groups is 4. The Morgan fingerprint density at radius 1 is 1.39 bits per heavy atom. The lowest BCUT2D eigenvalue weighted by atomic mass is 9.89. The quantitative estimate of drug-likeness (QED) is 0.0920. The molecule has 0 spiro atoms. The molecule has 2 saturated heterocycles. The van der Waals surface area contributed by atoms with Crippen molar-refractivity contribution in [1.29, 1.82) is 0 Å². The van der Waals surface area contributed by atoms with Crippen LogP contribution < -0.4 is 10.6 Å². The zero-order valence-electron chi connectivity index (χ0n) is 19.7. The standard InChI is InChI=1S/C20H23N9O6S3/c30-9-21-18-22-11(5-36-18)12(26-35-10-3-1-2-4-10)14(31)23-13-15(32)29-6-20(17(33)34,7-37-16(13)29)8-38-19-24-27-28-25-19/h5,9-10,13,16H,1-4,6-8H2,(H,23,31)(H,33,34)(H,21,22,30)(H,24,25,27,28)/t13?,16-,20?/m1/s1. The van der Waals surface area contributed by atoms with Gasteiger partial charge in [-0.2, -0.15) is 5.21 Å². The highest BCUT2D eigenvalue weighted by Crippen LogP contribution is 2.44. The number of anilines is 1. The number of carboxylic acids is 1. The predicted molar refractivity (Wildman–Crippen MR) is 137 cm³/mol. The molecule has 38 heavy (non-hydrogen) atoms. The minimum absolute atomic E-state index is 0.00535. The predicted octanol–water partition coefficient (Wildman–Crippen LogP) is 0.151. The van der Waals surface area contributed by atoms with Crippen LogP contribution in [0.5, 0.6) is 0 Å². The third kappa shape index (κ3) is 5.32. The van der Waals surface area contributed by atoms with E-state index in [2.05, 4.69) is 41.4 Å². The first-order valence-corrected chi connectivity index (χ1v) is 14.5. The number of aromatic amines is 1. The van der Waals surface area contributed by atoms with Gasteiger partial charge < -0.3 is 25.5 Å². The van der Waals surface area contributed by atoms with Gasteiger partial charge in [-0.05, 0) is 30.9 Å². The molecule has 3 fully saturated rings. The number of nitrogens with one attached hydrogen (secondary N) is 3. The van der Waals surface area contributed by atoms with Gasteiger partial charge in [0.05, 0.1) is 0 Å². The highest BCUT2D eigenvalue weighted by molar-refractivity contribution is 8.00. The van der Waals surface area contributed by atoms with Gasteiger partial charge in [-0.1, -0.05) is 16.9 Å². The van der Waals surface area contributed by atoms with Crippen LogP contribution in [0.15, 0.2) is 15.7 Å². The summed E-state index contributed by atoms with van der Waals surface area (Å²) in [5.41, 5.74) is -1.10. The van der Waals surface area contributed by atoms with Crippen LogP contribution >= 0.6 is 34.9 Å². The number of aliphatic carboxylic acids is 1. The second-order valence-corrected chi connectivity index (χ2v) is 11.8. The van der Waals surface area contributed by atoms with Crippen molar-refractivity contribution in [3.8, 4) is 0 Å². The smallest absolute Gasteiger partial charge is 0.313 e. The van der Waals surface area contributed by atoms with Crippen molar-refractivity contribution < 1.29 is 29.1 Å². The van der Waals surface area contributed by atoms with E-state index in [1.807, 2.05) is 0 Å². The first-order chi connectivity index (χ1) is 18.4. The number of carbonyl (C=O) groups excluding carboxylic acids is 3. The Morgan fingerprint density at radius 3 is 2.92 bits per heavy atom. The average Bonchev–Trinajstić information content (AvgIpc) is 3.70. The Kier molecular flexibility index (Phi) is 7.80. The number of carboxylic acid groups (broad SMARTS) is 1. The third-order valence-corrected chi connectivity index (χ3v) is 9.92. The molecule has 2 aromatic rings. The molecule has 3 atom stereocenters. The number of hydrogen-bond donors (Lipinski definition) is 4. The number of oxime groups is 1. The summed E-state index contributed by atoms with van der Waals surface area (Å²) in [6.45, 7) is -0.00535. The van der Waals surface area contributed by atoms with Crippen molar-refractivity contribution in [2.24, 2.45) is 10.6 Å². The molecule has 15 nitrogen and oxygen atoms in total. The van der Waals surface area contributed by atoms with Crippen LogP contribution in [-0.4, -0.2) is 101 Å². The number of nitrogens with zero attached hydrogens (tertiary/aromatic N) is 6. The van der Waals surface area contributed by atoms with Gasteiger partial charge in [-0.3, -0.25) is 19.2 Å². The molecule has 202 valence electrons. The van der Waals surface area contributed by atoms with Crippen LogP contribution in [0.4, 0.5) is 5.13 Å². The molecule has 0 radical (unpaired) electrons. The van der Waals surface area contributed by atoms with E-state index in [9.17, 15) is 24.3 Å². The molecule has 3 aliphatic rings. The second kappa shape index (κ2) is 11.2. The van der Waals surface area contributed by atoms with Crippen molar-refractivity contribution in [3.63, 3.8) is 0 Å². The zero-order chi connectivity index (χ0) is 26.7. The highest BCUT2D eigenvalue weighted by atomic mass is 32.2. The summed E-state index contributed by atoms with van der Waals surface area (Å²) in [5.74, 6) is -1.68. The molecule has 2 aliphatic heterocycles. The number of hydrogen-bond acceptors (Lipinski definition) is 13. The maximum absolute atomic E-state index is 13.3. The molecule has 0 aromatic carbocycles. The van der Waals surface area contributed by atoms with Crippen LogP contribution in [0.25, 0.3) is 0 Å². The molecule has 18 heteroatoms. The maximum Gasteiger partial charge on any atom is 0.313 e. The van der Waals surface area contributed by atoms with E-state index < -0.39 is 28.7 Å². The fourth-order valence-electron chi connectivity index (χ4n) is 4.36. The molecule has 2 unspecified atom stereocenters. The second-order valence-electron chi connectivity index (χ2n) is 8.94. The fraction of sp³-hybridized carbons (Fsp3) is 0.550. The van der Waals surface area contributed by atoms with Crippen LogP contribution in [0, 0.1) is 5.41 Å². The number of fused-ring (bicyclic) bond motifs is 1. The van der Waals surface area contributed by atoms with Crippen molar-refractivity contribution >= 4 is 69.9 Å². The third-order valence-electron chi connectivity index (χ3n) is 6.43. The topological polar surface area (TPSA) is 205 Å². The van der Waals surface area contributed by atoms with Gasteiger partial charge in [0.15, 0.2) is 10.8 Å². The number of H-pyrrole nitrogens is 1. The van der Waals surface area contributed by atoms with Gasteiger partial charge in [0, 0.05) is 23.4 Å². The van der Waals surface area contributed by atoms with E-state index in [0.717, 1.165) is 48.8 Å². The monoisotopic (exact) mass is 581 g/mol. The van der Waals surface area contributed by atoms with Crippen LogP contribution in [0.3, 0.4) is 0 Å². The number of aromatic nitrogens is 5. The number of thioether (sulfide) groups is 2. The van der Waals surface area contributed by atoms with Crippen molar-refractivity contribution in [3.05, 3.63) is 11.1 Å². The normalized spacial score (nSPS) is 25.4. The Balaban J connectivity index is 1.26. The van der Waals surface area contributed by atoms with E-state index in [0.29, 0.717) is 11.6 Å². The molecule has 5 rings (SSSR count). The van der Waals surface area contributed by atoms with Gasteiger partial charge in [0.2, 0.25) is 17.5 Å². The first-order valence-electron chi connectivity index (χ1n) is 11.6.